The molecule has 0 aromatic heterocycles. The molecule has 1 aromatic carbocycles. The molecule has 0 aliphatic rings. The summed E-state index contributed by atoms with van der Waals surface area (Å²) in [5, 5.41) is 0. The van der Waals surface area contributed by atoms with E-state index in [1.807, 2.05) is 18.2 Å². The first-order valence-corrected chi connectivity index (χ1v) is 6.97. The Labute approximate surface area is 122 Å². The van der Waals surface area contributed by atoms with Crippen molar-refractivity contribution in [1.29, 1.82) is 0 Å². The first-order valence-electron chi connectivity index (χ1n) is 6.97. The standard InChI is InChI=1S/C16H26N2O2/c1-19-12-10-18(11-13-20-2)16(14-17)9-8-15-6-4-3-5-7-15/h3-9,16H,10-14,17H2,1-2H3/b9-8-. The summed E-state index contributed by atoms with van der Waals surface area (Å²) < 4.78 is 10.3. The van der Waals surface area contributed by atoms with Gasteiger partial charge in [0, 0.05) is 39.9 Å². The van der Waals surface area contributed by atoms with Gasteiger partial charge in [-0.1, -0.05) is 42.5 Å². The van der Waals surface area contributed by atoms with E-state index in [1.54, 1.807) is 14.2 Å². The molecule has 0 saturated carbocycles. The predicted octanol–water partition coefficient (Wildman–Crippen LogP) is 1.62. The monoisotopic (exact) mass is 278 g/mol. The van der Waals surface area contributed by atoms with Crippen LogP contribution in [0.15, 0.2) is 36.4 Å². The van der Waals surface area contributed by atoms with Crippen molar-refractivity contribution in [2.45, 2.75) is 6.04 Å². The lowest BCUT2D eigenvalue weighted by Gasteiger charge is -2.28. The van der Waals surface area contributed by atoms with Gasteiger partial charge in [0.1, 0.15) is 0 Å². The fourth-order valence-corrected chi connectivity index (χ4v) is 2.00. The molecule has 0 spiro atoms. The molecule has 0 fully saturated rings. The minimum Gasteiger partial charge on any atom is -0.383 e. The maximum Gasteiger partial charge on any atom is 0.0589 e. The molecule has 20 heavy (non-hydrogen) atoms. The summed E-state index contributed by atoms with van der Waals surface area (Å²) in [7, 11) is 3.43. The average molecular weight is 278 g/mol. The maximum absolute atomic E-state index is 5.91. The van der Waals surface area contributed by atoms with E-state index >= 15 is 0 Å². The second-order valence-corrected chi connectivity index (χ2v) is 4.59. The number of ether oxygens (including phenoxy) is 2. The zero-order valence-electron chi connectivity index (χ0n) is 12.5. The van der Waals surface area contributed by atoms with E-state index in [0.717, 1.165) is 13.1 Å². The van der Waals surface area contributed by atoms with E-state index < -0.39 is 0 Å². The number of hydrogen-bond donors (Lipinski definition) is 1. The number of nitrogens with two attached hydrogens (primary N) is 1. The molecule has 2 N–H and O–H groups in total. The highest BCUT2D eigenvalue weighted by Gasteiger charge is 2.13. The van der Waals surface area contributed by atoms with Crippen LogP contribution in [0, 0.1) is 0 Å². The van der Waals surface area contributed by atoms with Crippen LogP contribution in [0.5, 0.6) is 0 Å². The normalized spacial score (nSPS) is 13.2. The highest BCUT2D eigenvalue weighted by atomic mass is 16.5. The van der Waals surface area contributed by atoms with Gasteiger partial charge in [-0.2, -0.15) is 0 Å². The lowest BCUT2D eigenvalue weighted by Crippen LogP contribution is -2.42. The molecule has 0 heterocycles. The van der Waals surface area contributed by atoms with Crippen LogP contribution in [0.4, 0.5) is 0 Å². The van der Waals surface area contributed by atoms with Gasteiger partial charge in [-0.25, -0.2) is 0 Å². The van der Waals surface area contributed by atoms with Crippen molar-refractivity contribution in [1.82, 2.24) is 4.90 Å². The van der Waals surface area contributed by atoms with Crippen molar-refractivity contribution in [3.8, 4) is 0 Å². The van der Waals surface area contributed by atoms with Gasteiger partial charge in [0.25, 0.3) is 0 Å². The Morgan fingerprint density at radius 2 is 1.70 bits per heavy atom. The zero-order chi connectivity index (χ0) is 14.6. The van der Waals surface area contributed by atoms with Crippen molar-refractivity contribution >= 4 is 6.08 Å². The van der Waals surface area contributed by atoms with Crippen LogP contribution in [0.3, 0.4) is 0 Å². The SMILES string of the molecule is COCCN(CCOC)C(/C=C\c1ccccc1)CN. The fraction of sp³-hybridized carbons (Fsp3) is 0.500. The lowest BCUT2D eigenvalue weighted by molar-refractivity contribution is 0.101. The highest BCUT2D eigenvalue weighted by Crippen LogP contribution is 2.06. The molecule has 0 bridgehead atoms. The molecule has 0 aliphatic heterocycles. The van der Waals surface area contributed by atoms with Crippen LogP contribution in [0.2, 0.25) is 0 Å². The minimum absolute atomic E-state index is 0.195. The molecule has 1 atom stereocenters. The molecule has 4 heteroatoms. The summed E-state index contributed by atoms with van der Waals surface area (Å²) in [6.45, 7) is 3.66. The van der Waals surface area contributed by atoms with E-state index in [1.165, 1.54) is 5.56 Å². The van der Waals surface area contributed by atoms with Gasteiger partial charge in [0.15, 0.2) is 0 Å². The summed E-state index contributed by atoms with van der Waals surface area (Å²) in [5.74, 6) is 0. The molecular formula is C16H26N2O2. The molecule has 1 aromatic rings. The number of nitrogens with zero attached hydrogens (tertiary/aromatic N) is 1. The largest absolute Gasteiger partial charge is 0.383 e. The Hall–Kier alpha value is -1.20. The van der Waals surface area contributed by atoms with Gasteiger partial charge in [0.2, 0.25) is 0 Å². The summed E-state index contributed by atoms with van der Waals surface area (Å²) in [4.78, 5) is 2.28. The molecule has 0 radical (unpaired) electrons. The summed E-state index contributed by atoms with van der Waals surface area (Å²) in [5.41, 5.74) is 7.09. The van der Waals surface area contributed by atoms with Crippen LogP contribution in [0.25, 0.3) is 6.08 Å². The topological polar surface area (TPSA) is 47.7 Å². The average Bonchev–Trinajstić information content (AvgIpc) is 2.50. The number of methoxy groups -OCH3 is 2. The first kappa shape index (κ1) is 16.9. The van der Waals surface area contributed by atoms with E-state index in [-0.39, 0.29) is 6.04 Å². The predicted molar refractivity (Wildman–Crippen MR) is 83.6 cm³/mol. The third kappa shape index (κ3) is 6.30. The molecule has 0 amide bonds. The van der Waals surface area contributed by atoms with Crippen molar-refractivity contribution in [3.63, 3.8) is 0 Å². The van der Waals surface area contributed by atoms with Gasteiger partial charge in [-0.3, -0.25) is 4.90 Å². The minimum atomic E-state index is 0.195. The quantitative estimate of drug-likeness (QED) is 0.706. The van der Waals surface area contributed by atoms with E-state index in [4.69, 9.17) is 15.2 Å². The van der Waals surface area contributed by atoms with E-state index in [2.05, 4.69) is 29.2 Å². The number of rotatable bonds is 10. The third-order valence-electron chi connectivity index (χ3n) is 3.19. The molecule has 0 saturated heterocycles. The van der Waals surface area contributed by atoms with Crippen LogP contribution in [-0.4, -0.2) is 58.0 Å². The van der Waals surface area contributed by atoms with E-state index in [9.17, 15) is 0 Å². The Morgan fingerprint density at radius 1 is 1.10 bits per heavy atom. The second-order valence-electron chi connectivity index (χ2n) is 4.59. The van der Waals surface area contributed by atoms with Crippen molar-refractivity contribution in [2.75, 3.05) is 47.1 Å². The van der Waals surface area contributed by atoms with Crippen molar-refractivity contribution in [3.05, 3.63) is 42.0 Å². The third-order valence-corrected chi connectivity index (χ3v) is 3.19. The van der Waals surface area contributed by atoms with Crippen molar-refractivity contribution < 1.29 is 9.47 Å². The Bertz CT molecular complexity index is 360. The summed E-state index contributed by atoms with van der Waals surface area (Å²) in [6, 6.07) is 10.4. The van der Waals surface area contributed by atoms with Crippen LogP contribution < -0.4 is 5.73 Å². The Balaban J connectivity index is 2.65. The van der Waals surface area contributed by atoms with Crippen LogP contribution >= 0.6 is 0 Å². The van der Waals surface area contributed by atoms with Gasteiger partial charge in [-0.05, 0) is 5.56 Å². The lowest BCUT2D eigenvalue weighted by atomic mass is 10.1. The molecular weight excluding hydrogens is 252 g/mol. The Morgan fingerprint density at radius 3 is 2.20 bits per heavy atom. The van der Waals surface area contributed by atoms with Gasteiger partial charge < -0.3 is 15.2 Å². The van der Waals surface area contributed by atoms with E-state index in [0.29, 0.717) is 19.8 Å². The second kappa shape index (κ2) is 10.6. The summed E-state index contributed by atoms with van der Waals surface area (Å²) >= 11 is 0. The zero-order valence-corrected chi connectivity index (χ0v) is 12.5. The van der Waals surface area contributed by atoms with Crippen molar-refractivity contribution in [2.24, 2.45) is 5.73 Å². The van der Waals surface area contributed by atoms with Crippen LogP contribution in [0.1, 0.15) is 5.56 Å². The highest BCUT2D eigenvalue weighted by molar-refractivity contribution is 5.49. The molecule has 4 nitrogen and oxygen atoms in total. The Kier molecular flexibility index (Phi) is 8.91. The summed E-state index contributed by atoms with van der Waals surface area (Å²) in [6.07, 6.45) is 4.27. The molecule has 1 unspecified atom stereocenters. The smallest absolute Gasteiger partial charge is 0.0589 e. The van der Waals surface area contributed by atoms with Gasteiger partial charge in [-0.15, -0.1) is 0 Å². The van der Waals surface area contributed by atoms with Crippen LogP contribution in [-0.2, 0) is 9.47 Å². The van der Waals surface area contributed by atoms with Gasteiger partial charge in [0.05, 0.1) is 13.2 Å². The number of benzene rings is 1. The fourth-order valence-electron chi connectivity index (χ4n) is 2.00. The molecule has 1 rings (SSSR count). The van der Waals surface area contributed by atoms with Gasteiger partial charge >= 0.3 is 0 Å². The molecule has 112 valence electrons. The maximum atomic E-state index is 5.91. The number of hydrogen-bond acceptors (Lipinski definition) is 4. The molecule has 0 aliphatic carbocycles. The first-order chi connectivity index (χ1) is 9.81.